The topological polar surface area (TPSA) is 46.2 Å². The van der Waals surface area contributed by atoms with E-state index in [1.807, 2.05) is 6.92 Å². The van der Waals surface area contributed by atoms with Gasteiger partial charge in [0.2, 0.25) is 0 Å². The van der Waals surface area contributed by atoms with Crippen LogP contribution >= 0.6 is 15.9 Å². The number of hydrogen-bond acceptors (Lipinski definition) is 3. The first-order chi connectivity index (χ1) is 9.77. The molecule has 2 rings (SSSR count). The van der Waals surface area contributed by atoms with Crippen molar-refractivity contribution in [1.82, 2.24) is 0 Å². The number of halogens is 2. The van der Waals surface area contributed by atoms with Crippen molar-refractivity contribution in [1.29, 1.82) is 0 Å². The summed E-state index contributed by atoms with van der Waals surface area (Å²) >= 11 is 3.30. The van der Waals surface area contributed by atoms with Gasteiger partial charge in [-0.2, -0.15) is 0 Å². The number of nitrogens with one attached hydrogen (secondary N) is 1. The molecule has 0 fully saturated rings. The van der Waals surface area contributed by atoms with Crippen molar-refractivity contribution in [3.8, 4) is 0 Å². The Morgan fingerprint density at radius 1 is 1.19 bits per heavy atom. The van der Waals surface area contributed by atoms with E-state index in [2.05, 4.69) is 21.2 Å². The van der Waals surface area contributed by atoms with Crippen LogP contribution < -0.4 is 5.32 Å². The van der Waals surface area contributed by atoms with Crippen molar-refractivity contribution >= 4 is 31.5 Å². The van der Waals surface area contributed by atoms with Gasteiger partial charge in [0.15, 0.2) is 9.84 Å². The molecule has 3 nitrogen and oxygen atoms in total. The van der Waals surface area contributed by atoms with Crippen LogP contribution in [0.2, 0.25) is 0 Å². The Hall–Kier alpha value is -1.40. The van der Waals surface area contributed by atoms with Gasteiger partial charge in [0, 0.05) is 28.5 Å². The average Bonchev–Trinajstić information content (AvgIpc) is 2.40. The van der Waals surface area contributed by atoms with Gasteiger partial charge < -0.3 is 5.32 Å². The summed E-state index contributed by atoms with van der Waals surface area (Å²) in [5.74, 6) is -0.303. The maximum Gasteiger partial charge on any atom is 0.175 e. The first-order valence-corrected chi connectivity index (χ1v) is 8.94. The molecule has 0 saturated heterocycles. The minimum Gasteiger partial charge on any atom is -0.381 e. The van der Waals surface area contributed by atoms with E-state index in [0.717, 1.165) is 16.3 Å². The second-order valence-corrected chi connectivity index (χ2v) is 7.77. The van der Waals surface area contributed by atoms with E-state index in [-0.39, 0.29) is 17.3 Å². The zero-order chi connectivity index (χ0) is 15.6. The molecule has 0 heterocycles. The van der Waals surface area contributed by atoms with E-state index in [4.69, 9.17) is 0 Å². The average molecular weight is 372 g/mol. The van der Waals surface area contributed by atoms with Crippen molar-refractivity contribution in [2.45, 2.75) is 18.4 Å². The predicted molar refractivity (Wildman–Crippen MR) is 85.7 cm³/mol. The second kappa shape index (κ2) is 6.15. The standard InChI is InChI=1S/C15H15BrFNO2S/c1-10-3-5-13(21(2,19)20)8-15(10)18-9-11-7-12(16)4-6-14(11)17/h3-8,18H,9H2,1-2H3. The summed E-state index contributed by atoms with van der Waals surface area (Å²) in [5, 5.41) is 3.08. The molecule has 0 unspecified atom stereocenters. The summed E-state index contributed by atoms with van der Waals surface area (Å²) in [6.45, 7) is 2.14. The zero-order valence-corrected chi connectivity index (χ0v) is 14.1. The van der Waals surface area contributed by atoms with Crippen molar-refractivity contribution < 1.29 is 12.8 Å². The number of hydrogen-bond donors (Lipinski definition) is 1. The van der Waals surface area contributed by atoms with Gasteiger partial charge >= 0.3 is 0 Å². The van der Waals surface area contributed by atoms with E-state index < -0.39 is 9.84 Å². The van der Waals surface area contributed by atoms with Crippen LogP contribution in [-0.4, -0.2) is 14.7 Å². The Labute approximate surface area is 132 Å². The maximum atomic E-state index is 13.7. The molecule has 0 aliphatic heterocycles. The number of benzene rings is 2. The molecule has 21 heavy (non-hydrogen) atoms. The number of anilines is 1. The van der Waals surface area contributed by atoms with Gasteiger partial charge in [0.1, 0.15) is 5.82 Å². The van der Waals surface area contributed by atoms with E-state index in [1.165, 1.54) is 6.07 Å². The van der Waals surface area contributed by atoms with Gasteiger partial charge in [0.25, 0.3) is 0 Å². The summed E-state index contributed by atoms with van der Waals surface area (Å²) < 4.78 is 37.6. The number of aryl methyl sites for hydroxylation is 1. The van der Waals surface area contributed by atoms with Crippen molar-refractivity contribution in [3.05, 3.63) is 57.8 Å². The Morgan fingerprint density at radius 3 is 2.57 bits per heavy atom. The van der Waals surface area contributed by atoms with E-state index >= 15 is 0 Å². The molecule has 0 spiro atoms. The highest BCUT2D eigenvalue weighted by molar-refractivity contribution is 9.10. The van der Waals surface area contributed by atoms with Gasteiger partial charge in [-0.05, 0) is 42.8 Å². The Bertz CT molecular complexity index is 775. The van der Waals surface area contributed by atoms with Crippen LogP contribution in [0.15, 0.2) is 45.8 Å². The molecular weight excluding hydrogens is 357 g/mol. The van der Waals surface area contributed by atoms with Crippen LogP contribution in [0.1, 0.15) is 11.1 Å². The van der Waals surface area contributed by atoms with Crippen molar-refractivity contribution in [2.24, 2.45) is 0 Å². The van der Waals surface area contributed by atoms with Crippen LogP contribution in [0, 0.1) is 12.7 Å². The molecule has 1 N–H and O–H groups in total. The van der Waals surface area contributed by atoms with Crippen molar-refractivity contribution in [3.63, 3.8) is 0 Å². The predicted octanol–water partition coefficient (Wildman–Crippen LogP) is 3.91. The van der Waals surface area contributed by atoms with Crippen molar-refractivity contribution in [2.75, 3.05) is 11.6 Å². The van der Waals surface area contributed by atoms with Crippen LogP contribution in [0.3, 0.4) is 0 Å². The lowest BCUT2D eigenvalue weighted by molar-refractivity contribution is 0.601. The third kappa shape index (κ3) is 4.04. The third-order valence-electron chi connectivity index (χ3n) is 3.11. The monoisotopic (exact) mass is 371 g/mol. The van der Waals surface area contributed by atoms with Gasteiger partial charge in [0.05, 0.1) is 4.90 Å². The fraction of sp³-hybridized carbons (Fsp3) is 0.200. The largest absolute Gasteiger partial charge is 0.381 e. The quantitative estimate of drug-likeness (QED) is 0.885. The molecule has 2 aromatic rings. The minimum atomic E-state index is -3.26. The molecule has 0 amide bonds. The van der Waals surface area contributed by atoms with E-state index in [1.54, 1.807) is 30.3 Å². The summed E-state index contributed by atoms with van der Waals surface area (Å²) in [5.41, 5.74) is 2.09. The normalized spacial score (nSPS) is 11.4. The molecule has 0 aliphatic carbocycles. The lowest BCUT2D eigenvalue weighted by atomic mass is 10.1. The molecule has 0 aliphatic rings. The fourth-order valence-electron chi connectivity index (χ4n) is 1.89. The molecule has 0 saturated carbocycles. The lowest BCUT2D eigenvalue weighted by Gasteiger charge is -2.12. The molecule has 0 bridgehead atoms. The summed E-state index contributed by atoms with van der Waals surface area (Å²) in [6.07, 6.45) is 1.16. The first-order valence-electron chi connectivity index (χ1n) is 6.26. The van der Waals surface area contributed by atoms with Gasteiger partial charge in [-0.3, -0.25) is 0 Å². The van der Waals surface area contributed by atoms with Crippen LogP contribution in [0.25, 0.3) is 0 Å². The first kappa shape index (κ1) is 16.0. The molecule has 112 valence electrons. The highest BCUT2D eigenvalue weighted by Crippen LogP contribution is 2.22. The summed E-state index contributed by atoms with van der Waals surface area (Å²) in [4.78, 5) is 0.241. The lowest BCUT2D eigenvalue weighted by Crippen LogP contribution is -2.05. The van der Waals surface area contributed by atoms with E-state index in [0.29, 0.717) is 11.3 Å². The maximum absolute atomic E-state index is 13.7. The Kier molecular flexibility index (Phi) is 4.68. The molecule has 0 radical (unpaired) electrons. The minimum absolute atomic E-state index is 0.241. The van der Waals surface area contributed by atoms with Crippen LogP contribution in [0.4, 0.5) is 10.1 Å². The molecule has 0 aromatic heterocycles. The fourth-order valence-corrected chi connectivity index (χ4v) is 2.95. The van der Waals surface area contributed by atoms with Gasteiger partial charge in [-0.25, -0.2) is 12.8 Å². The third-order valence-corrected chi connectivity index (χ3v) is 4.72. The zero-order valence-electron chi connectivity index (χ0n) is 11.7. The summed E-state index contributed by atoms with van der Waals surface area (Å²) in [6, 6.07) is 9.58. The number of rotatable bonds is 4. The highest BCUT2D eigenvalue weighted by Gasteiger charge is 2.10. The van der Waals surface area contributed by atoms with Crippen LogP contribution in [-0.2, 0) is 16.4 Å². The van der Waals surface area contributed by atoms with Gasteiger partial charge in [-0.1, -0.05) is 22.0 Å². The molecule has 2 aromatic carbocycles. The van der Waals surface area contributed by atoms with Gasteiger partial charge in [-0.15, -0.1) is 0 Å². The van der Waals surface area contributed by atoms with E-state index in [9.17, 15) is 12.8 Å². The second-order valence-electron chi connectivity index (χ2n) is 4.84. The Morgan fingerprint density at radius 2 is 1.90 bits per heavy atom. The molecule has 6 heteroatoms. The Balaban J connectivity index is 2.26. The SMILES string of the molecule is Cc1ccc(S(C)(=O)=O)cc1NCc1cc(Br)ccc1F. The highest BCUT2D eigenvalue weighted by atomic mass is 79.9. The molecule has 0 atom stereocenters. The van der Waals surface area contributed by atoms with Crippen LogP contribution in [0.5, 0.6) is 0 Å². The summed E-state index contributed by atoms with van der Waals surface area (Å²) in [7, 11) is -3.26. The number of sulfone groups is 1. The molecular formula is C15H15BrFNO2S. The smallest absolute Gasteiger partial charge is 0.175 e.